The Balaban J connectivity index is 1.81. The molecule has 3 heteroatoms. The lowest BCUT2D eigenvalue weighted by Crippen LogP contribution is -2.30. The zero-order chi connectivity index (χ0) is 12.1. The normalized spacial score (nSPS) is 16.6. The maximum Gasteiger partial charge on any atom is 0.123 e. The van der Waals surface area contributed by atoms with Gasteiger partial charge in [-0.2, -0.15) is 0 Å². The van der Waals surface area contributed by atoms with Crippen molar-refractivity contribution >= 4 is 0 Å². The Bertz CT molecular complexity index is 350. The fraction of sp³-hybridized carbons (Fsp3) is 0.571. The van der Waals surface area contributed by atoms with Crippen LogP contribution in [0.2, 0.25) is 0 Å². The molecule has 1 aromatic carbocycles. The Morgan fingerprint density at radius 1 is 1.35 bits per heavy atom. The van der Waals surface area contributed by atoms with Crippen molar-refractivity contribution in [2.24, 2.45) is 0 Å². The second-order valence-electron chi connectivity index (χ2n) is 4.52. The molecule has 0 amide bonds. The summed E-state index contributed by atoms with van der Waals surface area (Å²) in [5.41, 5.74) is 0. The van der Waals surface area contributed by atoms with E-state index < -0.39 is 0 Å². The Labute approximate surface area is 103 Å². The van der Waals surface area contributed by atoms with E-state index >= 15 is 0 Å². The third-order valence-electron chi connectivity index (χ3n) is 2.73. The maximum atomic E-state index is 5.84. The second-order valence-corrected chi connectivity index (χ2v) is 4.52. The van der Waals surface area contributed by atoms with Gasteiger partial charge in [0.05, 0.1) is 6.61 Å². The zero-order valence-corrected chi connectivity index (χ0v) is 10.6. The SMILES string of the molecule is CCOc1cccc(OC(C)CNC2CC2)c1. The van der Waals surface area contributed by atoms with Crippen LogP contribution in [0.4, 0.5) is 0 Å². The van der Waals surface area contributed by atoms with Gasteiger partial charge in [0.15, 0.2) is 0 Å². The highest BCUT2D eigenvalue weighted by molar-refractivity contribution is 5.33. The fourth-order valence-electron chi connectivity index (χ4n) is 1.70. The molecular formula is C14H21NO2. The molecule has 94 valence electrons. The van der Waals surface area contributed by atoms with Crippen molar-refractivity contribution in [1.82, 2.24) is 5.32 Å². The van der Waals surface area contributed by atoms with Crippen molar-refractivity contribution in [3.8, 4) is 11.5 Å². The molecule has 0 saturated heterocycles. The molecule has 1 atom stereocenters. The molecule has 0 aliphatic heterocycles. The lowest BCUT2D eigenvalue weighted by atomic mass is 10.3. The molecule has 1 aliphatic rings. The Hall–Kier alpha value is -1.22. The lowest BCUT2D eigenvalue weighted by Gasteiger charge is -2.16. The third kappa shape index (κ3) is 4.27. The van der Waals surface area contributed by atoms with Crippen LogP contribution in [-0.2, 0) is 0 Å². The third-order valence-corrected chi connectivity index (χ3v) is 2.73. The summed E-state index contributed by atoms with van der Waals surface area (Å²) in [5.74, 6) is 1.74. The lowest BCUT2D eigenvalue weighted by molar-refractivity contribution is 0.215. The molecule has 1 unspecified atom stereocenters. The van der Waals surface area contributed by atoms with Crippen LogP contribution < -0.4 is 14.8 Å². The zero-order valence-electron chi connectivity index (χ0n) is 10.6. The predicted octanol–water partition coefficient (Wildman–Crippen LogP) is 2.60. The van der Waals surface area contributed by atoms with E-state index in [1.54, 1.807) is 0 Å². The highest BCUT2D eigenvalue weighted by Crippen LogP contribution is 2.21. The summed E-state index contributed by atoms with van der Waals surface area (Å²) < 4.78 is 11.3. The van der Waals surface area contributed by atoms with E-state index in [1.807, 2.05) is 31.2 Å². The first-order valence-corrected chi connectivity index (χ1v) is 6.41. The Morgan fingerprint density at radius 2 is 2.12 bits per heavy atom. The fourth-order valence-corrected chi connectivity index (χ4v) is 1.70. The standard InChI is InChI=1S/C14H21NO2/c1-3-16-13-5-4-6-14(9-13)17-11(2)10-15-12-7-8-12/h4-6,9,11-12,15H,3,7-8,10H2,1-2H3. The largest absolute Gasteiger partial charge is 0.494 e. The maximum absolute atomic E-state index is 5.84. The van der Waals surface area contributed by atoms with E-state index in [2.05, 4.69) is 12.2 Å². The monoisotopic (exact) mass is 235 g/mol. The number of rotatable bonds is 7. The van der Waals surface area contributed by atoms with Crippen LogP contribution in [0.3, 0.4) is 0 Å². The highest BCUT2D eigenvalue weighted by Gasteiger charge is 2.21. The molecule has 1 aliphatic carbocycles. The minimum absolute atomic E-state index is 0.187. The smallest absolute Gasteiger partial charge is 0.123 e. The van der Waals surface area contributed by atoms with Crippen molar-refractivity contribution in [2.45, 2.75) is 38.8 Å². The summed E-state index contributed by atoms with van der Waals surface area (Å²) >= 11 is 0. The van der Waals surface area contributed by atoms with Crippen LogP contribution in [0, 0.1) is 0 Å². The van der Waals surface area contributed by atoms with Crippen molar-refractivity contribution in [3.05, 3.63) is 24.3 Å². The predicted molar refractivity (Wildman–Crippen MR) is 68.7 cm³/mol. The first-order chi connectivity index (χ1) is 8.28. The van der Waals surface area contributed by atoms with Gasteiger partial charge in [-0.1, -0.05) is 6.07 Å². The number of hydrogen-bond donors (Lipinski definition) is 1. The van der Waals surface area contributed by atoms with Gasteiger partial charge in [-0.25, -0.2) is 0 Å². The van der Waals surface area contributed by atoms with Crippen LogP contribution in [0.5, 0.6) is 11.5 Å². The summed E-state index contributed by atoms with van der Waals surface area (Å²) in [6.07, 6.45) is 2.81. The average molecular weight is 235 g/mol. The number of hydrogen-bond acceptors (Lipinski definition) is 3. The Morgan fingerprint density at radius 3 is 2.82 bits per heavy atom. The molecule has 17 heavy (non-hydrogen) atoms. The van der Waals surface area contributed by atoms with Gasteiger partial charge in [-0.15, -0.1) is 0 Å². The average Bonchev–Trinajstić information content (AvgIpc) is 3.11. The van der Waals surface area contributed by atoms with E-state index in [9.17, 15) is 0 Å². The van der Waals surface area contributed by atoms with E-state index in [1.165, 1.54) is 12.8 Å². The molecule has 0 radical (unpaired) electrons. The van der Waals surface area contributed by atoms with Crippen LogP contribution in [0.1, 0.15) is 26.7 Å². The van der Waals surface area contributed by atoms with Crippen LogP contribution in [0.25, 0.3) is 0 Å². The number of ether oxygens (including phenoxy) is 2. The summed E-state index contributed by atoms with van der Waals surface area (Å²) in [6, 6.07) is 8.55. The quantitative estimate of drug-likeness (QED) is 0.788. The summed E-state index contributed by atoms with van der Waals surface area (Å²) in [7, 11) is 0. The van der Waals surface area contributed by atoms with E-state index in [-0.39, 0.29) is 6.10 Å². The molecule has 0 spiro atoms. The summed E-state index contributed by atoms with van der Waals surface area (Å²) in [6.45, 7) is 5.66. The van der Waals surface area contributed by atoms with Crippen LogP contribution >= 0.6 is 0 Å². The molecule has 0 bridgehead atoms. The second kappa shape index (κ2) is 5.92. The van der Waals surface area contributed by atoms with Crippen molar-refractivity contribution in [3.63, 3.8) is 0 Å². The van der Waals surface area contributed by atoms with E-state index in [0.29, 0.717) is 6.61 Å². The molecular weight excluding hydrogens is 214 g/mol. The van der Waals surface area contributed by atoms with Gasteiger partial charge in [0.25, 0.3) is 0 Å². The molecule has 1 aromatic rings. The van der Waals surface area contributed by atoms with Gasteiger partial charge >= 0.3 is 0 Å². The summed E-state index contributed by atoms with van der Waals surface area (Å²) in [5, 5.41) is 3.46. The topological polar surface area (TPSA) is 30.5 Å². The molecule has 0 heterocycles. The first-order valence-electron chi connectivity index (χ1n) is 6.41. The van der Waals surface area contributed by atoms with Crippen molar-refractivity contribution in [2.75, 3.05) is 13.2 Å². The Kier molecular flexibility index (Phi) is 4.26. The minimum atomic E-state index is 0.187. The molecule has 1 N–H and O–H groups in total. The molecule has 1 fully saturated rings. The van der Waals surface area contributed by atoms with E-state index in [4.69, 9.17) is 9.47 Å². The summed E-state index contributed by atoms with van der Waals surface area (Å²) in [4.78, 5) is 0. The van der Waals surface area contributed by atoms with E-state index in [0.717, 1.165) is 24.1 Å². The van der Waals surface area contributed by atoms with Gasteiger partial charge in [-0.05, 0) is 38.8 Å². The van der Waals surface area contributed by atoms with Gasteiger partial charge in [-0.3, -0.25) is 0 Å². The number of benzene rings is 1. The molecule has 2 rings (SSSR count). The molecule has 1 saturated carbocycles. The van der Waals surface area contributed by atoms with Crippen LogP contribution in [-0.4, -0.2) is 25.3 Å². The van der Waals surface area contributed by atoms with Gasteiger partial charge in [0.1, 0.15) is 17.6 Å². The minimum Gasteiger partial charge on any atom is -0.494 e. The van der Waals surface area contributed by atoms with Gasteiger partial charge in [0, 0.05) is 18.7 Å². The molecule has 0 aromatic heterocycles. The van der Waals surface area contributed by atoms with Gasteiger partial charge in [0.2, 0.25) is 0 Å². The van der Waals surface area contributed by atoms with Crippen LogP contribution in [0.15, 0.2) is 24.3 Å². The van der Waals surface area contributed by atoms with Gasteiger partial charge < -0.3 is 14.8 Å². The van der Waals surface area contributed by atoms with Crippen molar-refractivity contribution in [1.29, 1.82) is 0 Å². The van der Waals surface area contributed by atoms with Crippen molar-refractivity contribution < 1.29 is 9.47 Å². The number of nitrogens with one attached hydrogen (secondary N) is 1. The first kappa shape index (κ1) is 12.2. The highest BCUT2D eigenvalue weighted by atomic mass is 16.5. The molecule has 3 nitrogen and oxygen atoms in total.